The number of benzene rings is 2. The molecule has 0 radical (unpaired) electrons. The number of hydrogen-bond acceptors (Lipinski definition) is 1. The van der Waals surface area contributed by atoms with Crippen molar-refractivity contribution in [2.45, 2.75) is 12.8 Å². The lowest BCUT2D eigenvalue weighted by Crippen LogP contribution is -1.97. The molecule has 0 saturated carbocycles. The quantitative estimate of drug-likeness (QED) is 0.706. The summed E-state index contributed by atoms with van der Waals surface area (Å²) in [6.45, 7) is 1.93. The van der Waals surface area contributed by atoms with Crippen molar-refractivity contribution in [2.24, 2.45) is 0 Å². The predicted octanol–water partition coefficient (Wildman–Crippen LogP) is 3.66. The molecule has 0 fully saturated rings. The normalized spacial score (nSPS) is 12.1. The largest absolute Gasteiger partial charge is 0.303 e. The van der Waals surface area contributed by atoms with Crippen molar-refractivity contribution in [1.29, 1.82) is 0 Å². The summed E-state index contributed by atoms with van der Waals surface area (Å²) >= 11 is 0. The molecule has 0 aliphatic heterocycles. The smallest absolute Gasteiger partial charge is 0.127 e. The van der Waals surface area contributed by atoms with Crippen LogP contribution in [0.25, 0.3) is 11.1 Å². The van der Waals surface area contributed by atoms with Gasteiger partial charge in [-0.1, -0.05) is 61.5 Å². The first-order chi connectivity index (χ1) is 7.83. The molecule has 0 amide bonds. The van der Waals surface area contributed by atoms with Crippen LogP contribution in [0, 0.1) is 0 Å². The Morgan fingerprint density at radius 1 is 0.938 bits per heavy atom. The van der Waals surface area contributed by atoms with Crippen molar-refractivity contribution in [3.8, 4) is 11.1 Å². The van der Waals surface area contributed by atoms with Gasteiger partial charge in [0.2, 0.25) is 0 Å². The van der Waals surface area contributed by atoms with Crippen LogP contribution in [0.15, 0.2) is 54.6 Å². The maximum absolute atomic E-state index is 10.9. The number of carbonyl (C=O) groups excluding carboxylic acids is 1. The maximum atomic E-state index is 10.9. The van der Waals surface area contributed by atoms with Gasteiger partial charge < -0.3 is 4.79 Å². The maximum Gasteiger partial charge on any atom is 0.127 e. The van der Waals surface area contributed by atoms with Crippen LogP contribution in [0.4, 0.5) is 0 Å². The molecule has 1 nitrogen and oxygen atoms in total. The van der Waals surface area contributed by atoms with Gasteiger partial charge >= 0.3 is 0 Å². The molecule has 1 atom stereocenters. The summed E-state index contributed by atoms with van der Waals surface area (Å²) in [5.41, 5.74) is 3.39. The van der Waals surface area contributed by atoms with Crippen molar-refractivity contribution in [3.63, 3.8) is 0 Å². The molecular formula is C15H14O. The Bertz CT molecular complexity index is 474. The van der Waals surface area contributed by atoms with Crippen molar-refractivity contribution in [3.05, 3.63) is 60.2 Å². The predicted molar refractivity (Wildman–Crippen MR) is 66.4 cm³/mol. The van der Waals surface area contributed by atoms with Gasteiger partial charge in [0.15, 0.2) is 0 Å². The summed E-state index contributed by atoms with van der Waals surface area (Å²) in [5.74, 6) is -0.0589. The van der Waals surface area contributed by atoms with E-state index in [1.165, 1.54) is 0 Å². The molecule has 2 rings (SSSR count). The van der Waals surface area contributed by atoms with Crippen LogP contribution in [-0.4, -0.2) is 6.29 Å². The number of aldehydes is 1. The molecule has 80 valence electrons. The minimum Gasteiger partial charge on any atom is -0.303 e. The van der Waals surface area contributed by atoms with Gasteiger partial charge in [0, 0.05) is 5.92 Å². The second kappa shape index (κ2) is 4.75. The molecule has 2 aromatic rings. The fraction of sp³-hybridized carbons (Fsp3) is 0.133. The van der Waals surface area contributed by atoms with Crippen LogP contribution >= 0.6 is 0 Å². The zero-order valence-corrected chi connectivity index (χ0v) is 9.26. The van der Waals surface area contributed by atoms with E-state index in [2.05, 4.69) is 18.2 Å². The topological polar surface area (TPSA) is 17.1 Å². The van der Waals surface area contributed by atoms with Crippen LogP contribution < -0.4 is 0 Å². The number of hydrogen-bond donors (Lipinski definition) is 0. The average molecular weight is 210 g/mol. The summed E-state index contributed by atoms with van der Waals surface area (Å²) in [7, 11) is 0. The molecule has 16 heavy (non-hydrogen) atoms. The van der Waals surface area contributed by atoms with Gasteiger partial charge in [-0.05, 0) is 16.7 Å². The van der Waals surface area contributed by atoms with Gasteiger partial charge in [0.05, 0.1) is 0 Å². The number of rotatable bonds is 3. The molecular weight excluding hydrogens is 196 g/mol. The highest BCUT2D eigenvalue weighted by molar-refractivity contribution is 5.73. The van der Waals surface area contributed by atoms with Gasteiger partial charge in [-0.3, -0.25) is 0 Å². The van der Waals surface area contributed by atoms with Gasteiger partial charge in [-0.2, -0.15) is 0 Å². The highest BCUT2D eigenvalue weighted by Gasteiger charge is 2.09. The van der Waals surface area contributed by atoms with E-state index in [9.17, 15) is 4.79 Å². The Kier molecular flexibility index (Phi) is 3.16. The lowest BCUT2D eigenvalue weighted by molar-refractivity contribution is -0.108. The molecule has 0 bridgehead atoms. The van der Waals surface area contributed by atoms with Crippen molar-refractivity contribution in [2.75, 3.05) is 0 Å². The first kappa shape index (κ1) is 10.6. The van der Waals surface area contributed by atoms with Crippen LogP contribution in [0.2, 0.25) is 0 Å². The van der Waals surface area contributed by atoms with E-state index in [-0.39, 0.29) is 5.92 Å². The minimum atomic E-state index is -0.0589. The second-order valence-corrected chi connectivity index (χ2v) is 3.88. The average Bonchev–Trinajstić information content (AvgIpc) is 2.39. The van der Waals surface area contributed by atoms with E-state index in [0.717, 1.165) is 23.0 Å². The lowest BCUT2D eigenvalue weighted by Gasteiger charge is -2.11. The standard InChI is InChI=1S/C15H14O/c1-12(11-16)14-9-5-6-10-15(14)13-7-3-2-4-8-13/h2-12H,1H3. The van der Waals surface area contributed by atoms with Crippen molar-refractivity contribution >= 4 is 6.29 Å². The lowest BCUT2D eigenvalue weighted by atomic mass is 9.92. The summed E-state index contributed by atoms with van der Waals surface area (Å²) in [4.78, 5) is 10.9. The van der Waals surface area contributed by atoms with Gasteiger partial charge in [0.1, 0.15) is 6.29 Å². The molecule has 0 aliphatic rings. The van der Waals surface area contributed by atoms with Crippen molar-refractivity contribution in [1.82, 2.24) is 0 Å². The molecule has 0 saturated heterocycles. The van der Waals surface area contributed by atoms with Gasteiger partial charge in [-0.15, -0.1) is 0 Å². The first-order valence-electron chi connectivity index (χ1n) is 5.42. The van der Waals surface area contributed by atoms with Crippen LogP contribution in [0.3, 0.4) is 0 Å². The van der Waals surface area contributed by atoms with E-state index in [4.69, 9.17) is 0 Å². The fourth-order valence-corrected chi connectivity index (χ4v) is 1.85. The zero-order valence-electron chi connectivity index (χ0n) is 9.26. The molecule has 1 unspecified atom stereocenters. The van der Waals surface area contributed by atoms with Crippen LogP contribution in [-0.2, 0) is 4.79 Å². The Morgan fingerprint density at radius 3 is 2.25 bits per heavy atom. The molecule has 0 N–H and O–H groups in total. The Morgan fingerprint density at radius 2 is 1.56 bits per heavy atom. The van der Waals surface area contributed by atoms with E-state index in [0.29, 0.717) is 0 Å². The summed E-state index contributed by atoms with van der Waals surface area (Å²) < 4.78 is 0. The van der Waals surface area contributed by atoms with Crippen LogP contribution in [0.5, 0.6) is 0 Å². The van der Waals surface area contributed by atoms with E-state index >= 15 is 0 Å². The molecule has 1 heteroatoms. The van der Waals surface area contributed by atoms with E-state index in [1.54, 1.807) is 0 Å². The van der Waals surface area contributed by atoms with Gasteiger partial charge in [0.25, 0.3) is 0 Å². The Labute approximate surface area is 95.7 Å². The third kappa shape index (κ3) is 2.03. The first-order valence-corrected chi connectivity index (χ1v) is 5.42. The summed E-state index contributed by atoms with van der Waals surface area (Å²) in [5, 5.41) is 0. The Balaban J connectivity index is 2.53. The minimum absolute atomic E-state index is 0.0589. The zero-order chi connectivity index (χ0) is 11.4. The molecule has 0 heterocycles. The molecule has 0 spiro atoms. The van der Waals surface area contributed by atoms with Crippen LogP contribution in [0.1, 0.15) is 18.4 Å². The molecule has 2 aromatic carbocycles. The van der Waals surface area contributed by atoms with Crippen molar-refractivity contribution < 1.29 is 4.79 Å². The summed E-state index contributed by atoms with van der Waals surface area (Å²) in [6.07, 6.45) is 0.988. The monoisotopic (exact) mass is 210 g/mol. The highest BCUT2D eigenvalue weighted by atomic mass is 16.1. The highest BCUT2D eigenvalue weighted by Crippen LogP contribution is 2.27. The second-order valence-electron chi connectivity index (χ2n) is 3.88. The SMILES string of the molecule is CC(C=O)c1ccccc1-c1ccccc1. The Hall–Kier alpha value is -1.89. The van der Waals surface area contributed by atoms with Gasteiger partial charge in [-0.25, -0.2) is 0 Å². The molecule has 0 aliphatic carbocycles. The summed E-state index contributed by atoms with van der Waals surface area (Å²) in [6, 6.07) is 18.2. The van der Waals surface area contributed by atoms with E-state index in [1.807, 2.05) is 43.3 Å². The fourth-order valence-electron chi connectivity index (χ4n) is 1.85. The number of carbonyl (C=O) groups is 1. The van der Waals surface area contributed by atoms with E-state index < -0.39 is 0 Å². The third-order valence-corrected chi connectivity index (χ3v) is 2.74. The molecule has 0 aromatic heterocycles. The third-order valence-electron chi connectivity index (χ3n) is 2.74.